The molecule has 1 atom stereocenters. The van der Waals surface area contributed by atoms with Crippen molar-refractivity contribution in [3.63, 3.8) is 0 Å². The number of hydrogen-bond donors (Lipinski definition) is 1. The third-order valence-electron chi connectivity index (χ3n) is 5.88. The van der Waals surface area contributed by atoms with Crippen LogP contribution in [0.5, 0.6) is 5.75 Å². The fourth-order valence-electron chi connectivity index (χ4n) is 4.14. The van der Waals surface area contributed by atoms with Crippen LogP contribution < -0.4 is 10.1 Å². The van der Waals surface area contributed by atoms with Crippen LogP contribution in [0.1, 0.15) is 43.4 Å². The van der Waals surface area contributed by atoms with Crippen molar-refractivity contribution >= 4 is 49.6 Å². The number of halogens is 3. The molecule has 2 amide bonds. The summed E-state index contributed by atoms with van der Waals surface area (Å²) in [4.78, 5) is 37.7. The molecular formula is C26H21Br2FN2O5. The summed E-state index contributed by atoms with van der Waals surface area (Å²) in [6.07, 6.45) is 0. The van der Waals surface area contributed by atoms with Gasteiger partial charge in [0.2, 0.25) is 0 Å². The zero-order valence-corrected chi connectivity index (χ0v) is 22.5. The summed E-state index contributed by atoms with van der Waals surface area (Å²) < 4.78 is 25.6. The van der Waals surface area contributed by atoms with Gasteiger partial charge in [-0.25, -0.2) is 9.18 Å². The average molecular weight is 620 g/mol. The Morgan fingerprint density at radius 2 is 1.64 bits per heavy atom. The zero-order valence-electron chi connectivity index (χ0n) is 19.3. The van der Waals surface area contributed by atoms with Crippen molar-refractivity contribution in [2.75, 3.05) is 14.2 Å². The molecule has 186 valence electrons. The third-order valence-corrected chi connectivity index (χ3v) is 6.87. The lowest BCUT2D eigenvalue weighted by Gasteiger charge is -2.27. The number of esters is 1. The molecule has 0 fully saturated rings. The zero-order chi connectivity index (χ0) is 26.0. The second-order valence-electron chi connectivity index (χ2n) is 8.03. The lowest BCUT2D eigenvalue weighted by atomic mass is 10.0. The Balaban J connectivity index is 0.000000229. The van der Waals surface area contributed by atoms with Gasteiger partial charge in [0.25, 0.3) is 11.8 Å². The van der Waals surface area contributed by atoms with Gasteiger partial charge in [0, 0.05) is 38.7 Å². The number of benzene rings is 3. The Hall–Kier alpha value is -3.24. The first kappa shape index (κ1) is 25.8. The molecule has 0 saturated carbocycles. The quantitative estimate of drug-likeness (QED) is 0.408. The first-order valence-electron chi connectivity index (χ1n) is 10.8. The monoisotopic (exact) mass is 618 g/mol. The fourth-order valence-corrected chi connectivity index (χ4v) is 4.86. The maximum absolute atomic E-state index is 13.8. The number of methoxy groups -OCH3 is 2. The van der Waals surface area contributed by atoms with Crippen LogP contribution in [-0.2, 0) is 22.6 Å². The summed E-state index contributed by atoms with van der Waals surface area (Å²) in [6.45, 7) is 0.891. The van der Waals surface area contributed by atoms with E-state index in [9.17, 15) is 18.8 Å². The van der Waals surface area contributed by atoms with Gasteiger partial charge in [-0.3, -0.25) is 9.59 Å². The fraction of sp³-hybridized carbons (Fsp3) is 0.192. The van der Waals surface area contributed by atoms with Gasteiger partial charge in [0.1, 0.15) is 11.6 Å². The maximum Gasteiger partial charge on any atom is 0.333 e. The van der Waals surface area contributed by atoms with E-state index in [4.69, 9.17) is 9.47 Å². The summed E-state index contributed by atoms with van der Waals surface area (Å²) in [5.74, 6) is -1.18. The summed E-state index contributed by atoms with van der Waals surface area (Å²) in [7, 11) is 2.65. The normalized spacial score (nSPS) is 14.3. The SMILES string of the molecule is COC(=O)C(c1cc(F)ccc1OC)N1Cc2ccc(Br)cc2C1=O.O=C1NCc2ccc(Br)cc21. The van der Waals surface area contributed by atoms with Crippen LogP contribution >= 0.6 is 31.9 Å². The number of fused-ring (bicyclic) bond motifs is 2. The highest BCUT2D eigenvalue weighted by Gasteiger charge is 2.39. The number of amides is 2. The molecule has 2 aliphatic heterocycles. The van der Waals surface area contributed by atoms with Crippen molar-refractivity contribution in [1.82, 2.24) is 10.2 Å². The molecule has 5 rings (SSSR count). The Labute approximate surface area is 223 Å². The van der Waals surface area contributed by atoms with Crippen LogP contribution in [0.4, 0.5) is 4.39 Å². The third kappa shape index (κ3) is 5.15. The summed E-state index contributed by atoms with van der Waals surface area (Å²) in [5.41, 5.74) is 3.41. The van der Waals surface area contributed by atoms with Crippen LogP contribution in [0.15, 0.2) is 63.5 Å². The highest BCUT2D eigenvalue weighted by atomic mass is 79.9. The molecule has 1 N–H and O–H groups in total. The lowest BCUT2D eigenvalue weighted by Crippen LogP contribution is -2.35. The number of rotatable bonds is 4. The molecule has 0 saturated heterocycles. The molecule has 2 aliphatic rings. The lowest BCUT2D eigenvalue weighted by molar-refractivity contribution is -0.146. The molecule has 0 aliphatic carbocycles. The minimum atomic E-state index is -1.10. The number of carbonyl (C=O) groups excluding carboxylic acids is 3. The van der Waals surface area contributed by atoms with Crippen LogP contribution in [0.2, 0.25) is 0 Å². The van der Waals surface area contributed by atoms with E-state index in [1.807, 2.05) is 30.3 Å². The van der Waals surface area contributed by atoms with E-state index in [1.54, 1.807) is 6.07 Å². The summed E-state index contributed by atoms with van der Waals surface area (Å²) >= 11 is 6.65. The van der Waals surface area contributed by atoms with Crippen molar-refractivity contribution in [3.8, 4) is 5.75 Å². The van der Waals surface area contributed by atoms with Crippen LogP contribution in [0.25, 0.3) is 0 Å². The smallest absolute Gasteiger partial charge is 0.333 e. The Morgan fingerprint density at radius 3 is 2.31 bits per heavy atom. The molecule has 0 spiro atoms. The average Bonchev–Trinajstić information content (AvgIpc) is 3.39. The number of nitrogens with one attached hydrogen (secondary N) is 1. The molecular weight excluding hydrogens is 599 g/mol. The van der Waals surface area contributed by atoms with Gasteiger partial charge in [-0.2, -0.15) is 0 Å². The number of hydrogen-bond acceptors (Lipinski definition) is 5. The van der Waals surface area contributed by atoms with Crippen molar-refractivity contribution in [2.45, 2.75) is 19.1 Å². The van der Waals surface area contributed by atoms with Gasteiger partial charge < -0.3 is 19.7 Å². The second-order valence-corrected chi connectivity index (χ2v) is 9.86. The van der Waals surface area contributed by atoms with Gasteiger partial charge in [0.05, 0.1) is 14.2 Å². The van der Waals surface area contributed by atoms with Crippen molar-refractivity contribution in [1.29, 1.82) is 0 Å². The molecule has 1 unspecified atom stereocenters. The maximum atomic E-state index is 13.8. The van der Waals surface area contributed by atoms with E-state index in [-0.39, 0.29) is 23.9 Å². The van der Waals surface area contributed by atoms with Gasteiger partial charge in [0.15, 0.2) is 6.04 Å². The largest absolute Gasteiger partial charge is 0.496 e. The van der Waals surface area contributed by atoms with Gasteiger partial charge in [-0.15, -0.1) is 0 Å². The topological polar surface area (TPSA) is 84.9 Å². The van der Waals surface area contributed by atoms with Crippen LogP contribution in [-0.4, -0.2) is 36.9 Å². The summed E-state index contributed by atoms with van der Waals surface area (Å²) in [6, 6.07) is 13.8. The van der Waals surface area contributed by atoms with E-state index >= 15 is 0 Å². The van der Waals surface area contributed by atoms with Crippen molar-refractivity contribution in [2.24, 2.45) is 0 Å². The van der Waals surface area contributed by atoms with Gasteiger partial charge in [-0.05, 0) is 53.6 Å². The van der Waals surface area contributed by atoms with E-state index in [0.29, 0.717) is 17.9 Å². The first-order chi connectivity index (χ1) is 17.2. The number of carbonyl (C=O) groups is 3. The molecule has 3 aromatic carbocycles. The Morgan fingerprint density at radius 1 is 0.972 bits per heavy atom. The molecule has 2 heterocycles. The molecule has 0 aromatic heterocycles. The minimum Gasteiger partial charge on any atom is -0.496 e. The molecule has 7 nitrogen and oxygen atoms in total. The predicted octanol–water partition coefficient (Wildman–Crippen LogP) is 5.16. The standard InChI is InChI=1S/C18H15BrFNO4.C8H6BrNO/c1-24-15-6-5-12(20)8-14(15)16(18(23)25-2)21-9-10-3-4-11(19)7-13(10)17(21)22;9-6-2-1-5-4-10-8(11)7(5)3-6/h3-8,16H,9H2,1-2H3;1-3H,4H2,(H,10,11). The van der Waals surface area contributed by atoms with Crippen molar-refractivity contribution < 1.29 is 28.2 Å². The summed E-state index contributed by atoms with van der Waals surface area (Å²) in [5, 5.41) is 2.75. The molecule has 36 heavy (non-hydrogen) atoms. The highest BCUT2D eigenvalue weighted by molar-refractivity contribution is 9.10. The van der Waals surface area contributed by atoms with Crippen LogP contribution in [0.3, 0.4) is 0 Å². The van der Waals surface area contributed by atoms with Crippen molar-refractivity contribution in [3.05, 3.63) is 97.2 Å². The first-order valence-corrected chi connectivity index (χ1v) is 12.4. The highest BCUT2D eigenvalue weighted by Crippen LogP contribution is 2.37. The second kappa shape index (κ2) is 10.8. The van der Waals surface area contributed by atoms with Gasteiger partial charge in [-0.1, -0.05) is 44.0 Å². The number of nitrogens with zero attached hydrogens (tertiary/aromatic N) is 1. The molecule has 10 heteroatoms. The Bertz CT molecular complexity index is 1360. The van der Waals surface area contributed by atoms with E-state index < -0.39 is 17.8 Å². The molecule has 0 bridgehead atoms. The predicted molar refractivity (Wildman–Crippen MR) is 137 cm³/mol. The Kier molecular flexibility index (Phi) is 7.75. The number of ether oxygens (including phenoxy) is 2. The van der Waals surface area contributed by atoms with Gasteiger partial charge >= 0.3 is 5.97 Å². The minimum absolute atomic E-state index is 0.0290. The van der Waals surface area contributed by atoms with Crippen LogP contribution in [0, 0.1) is 5.82 Å². The van der Waals surface area contributed by atoms with E-state index in [1.165, 1.54) is 37.3 Å². The molecule has 3 aromatic rings. The molecule has 0 radical (unpaired) electrons. The van der Waals surface area contributed by atoms with E-state index in [0.717, 1.165) is 25.6 Å². The van der Waals surface area contributed by atoms with E-state index in [2.05, 4.69) is 37.2 Å².